The van der Waals surface area contributed by atoms with Crippen molar-refractivity contribution in [2.45, 2.75) is 31.2 Å². The summed E-state index contributed by atoms with van der Waals surface area (Å²) in [6.45, 7) is 0. The van der Waals surface area contributed by atoms with Crippen LogP contribution in [-0.2, 0) is 12.0 Å². The van der Waals surface area contributed by atoms with Crippen molar-refractivity contribution in [1.29, 1.82) is 5.26 Å². The number of rotatable bonds is 2. The number of hydrogen-bond donors (Lipinski definition) is 1. The van der Waals surface area contributed by atoms with Gasteiger partial charge in [-0.1, -0.05) is 48.0 Å². The van der Waals surface area contributed by atoms with Crippen LogP contribution in [-0.4, -0.2) is 0 Å². The van der Waals surface area contributed by atoms with Crippen molar-refractivity contribution in [2.75, 3.05) is 5.32 Å². The number of benzene rings is 2. The monoisotopic (exact) mass is 296 g/mol. The number of nitrogens with one attached hydrogen (secondary N) is 1. The van der Waals surface area contributed by atoms with Gasteiger partial charge in [-0.25, -0.2) is 0 Å². The Morgan fingerprint density at radius 1 is 1.05 bits per heavy atom. The summed E-state index contributed by atoms with van der Waals surface area (Å²) in [5.41, 5.74) is 2.47. The van der Waals surface area contributed by atoms with Crippen LogP contribution in [0.2, 0.25) is 5.02 Å². The molecule has 1 aliphatic carbocycles. The van der Waals surface area contributed by atoms with Crippen molar-refractivity contribution in [3.8, 4) is 6.07 Å². The van der Waals surface area contributed by atoms with Gasteiger partial charge in [0.15, 0.2) is 5.54 Å². The Morgan fingerprint density at radius 3 is 2.62 bits per heavy atom. The lowest BCUT2D eigenvalue weighted by atomic mass is 9.85. The predicted octanol–water partition coefficient (Wildman–Crippen LogP) is 4.90. The van der Waals surface area contributed by atoms with Crippen LogP contribution in [0, 0.1) is 11.3 Å². The summed E-state index contributed by atoms with van der Waals surface area (Å²) in [7, 11) is 0. The molecule has 0 saturated carbocycles. The third-order valence-electron chi connectivity index (χ3n) is 4.14. The van der Waals surface area contributed by atoms with Gasteiger partial charge >= 0.3 is 0 Å². The molecule has 0 amide bonds. The second-order valence-electron chi connectivity index (χ2n) is 5.49. The van der Waals surface area contributed by atoms with Gasteiger partial charge in [-0.15, -0.1) is 0 Å². The van der Waals surface area contributed by atoms with Crippen molar-refractivity contribution >= 4 is 17.3 Å². The number of fused-ring (bicyclic) bond motifs is 1. The van der Waals surface area contributed by atoms with E-state index in [2.05, 4.69) is 23.5 Å². The predicted molar refractivity (Wildman–Crippen MR) is 86.4 cm³/mol. The van der Waals surface area contributed by atoms with Crippen LogP contribution in [0.5, 0.6) is 0 Å². The summed E-state index contributed by atoms with van der Waals surface area (Å²) < 4.78 is 0. The molecule has 2 aromatic rings. The number of para-hydroxylation sites is 1. The standard InChI is InChI=1S/C18H17ClN2/c19-16-10-3-4-11-17(16)21-18(13-20)12-6-5-8-14-7-1-2-9-15(14)18/h1-4,7,9-11,21H,5-6,8,12H2. The molecule has 0 spiro atoms. The fourth-order valence-corrected chi connectivity index (χ4v) is 3.24. The van der Waals surface area contributed by atoms with E-state index in [4.69, 9.17) is 11.6 Å². The molecule has 0 aliphatic heterocycles. The van der Waals surface area contributed by atoms with E-state index in [0.29, 0.717) is 5.02 Å². The molecule has 1 N–H and O–H groups in total. The zero-order chi connectivity index (χ0) is 14.7. The molecule has 1 aliphatic rings. The van der Waals surface area contributed by atoms with Crippen molar-refractivity contribution in [2.24, 2.45) is 0 Å². The minimum absolute atomic E-state index is 0.647. The lowest BCUT2D eigenvalue weighted by molar-refractivity contribution is 0.547. The molecule has 3 rings (SSSR count). The van der Waals surface area contributed by atoms with Crippen LogP contribution in [0.25, 0.3) is 0 Å². The molecule has 0 fully saturated rings. The SMILES string of the molecule is N#CC1(Nc2ccccc2Cl)CCCCc2ccccc21. The maximum Gasteiger partial charge on any atom is 0.151 e. The van der Waals surface area contributed by atoms with E-state index >= 15 is 0 Å². The Labute approximate surface area is 130 Å². The van der Waals surface area contributed by atoms with E-state index in [0.717, 1.165) is 36.9 Å². The Kier molecular flexibility index (Phi) is 3.86. The number of nitrogens with zero attached hydrogens (tertiary/aromatic N) is 1. The zero-order valence-corrected chi connectivity index (χ0v) is 12.5. The Balaban J connectivity index is 2.08. The highest BCUT2D eigenvalue weighted by atomic mass is 35.5. The van der Waals surface area contributed by atoms with Crippen LogP contribution >= 0.6 is 11.6 Å². The van der Waals surface area contributed by atoms with Crippen LogP contribution in [0.15, 0.2) is 48.5 Å². The van der Waals surface area contributed by atoms with Gasteiger partial charge in [-0.3, -0.25) is 0 Å². The molecule has 2 aromatic carbocycles. The van der Waals surface area contributed by atoms with E-state index in [-0.39, 0.29) is 0 Å². The molecule has 0 heterocycles. The van der Waals surface area contributed by atoms with Gasteiger partial charge in [0, 0.05) is 0 Å². The van der Waals surface area contributed by atoms with E-state index in [1.54, 1.807) is 0 Å². The third-order valence-corrected chi connectivity index (χ3v) is 4.47. The van der Waals surface area contributed by atoms with Crippen LogP contribution in [0.4, 0.5) is 5.69 Å². The van der Waals surface area contributed by atoms with Crippen molar-refractivity contribution in [1.82, 2.24) is 0 Å². The van der Waals surface area contributed by atoms with E-state index in [1.807, 2.05) is 36.4 Å². The fraction of sp³-hybridized carbons (Fsp3) is 0.278. The van der Waals surface area contributed by atoms with Gasteiger partial charge in [-0.05, 0) is 48.9 Å². The quantitative estimate of drug-likeness (QED) is 0.800. The van der Waals surface area contributed by atoms with E-state index in [1.165, 1.54) is 5.56 Å². The summed E-state index contributed by atoms with van der Waals surface area (Å²) in [6.07, 6.45) is 3.97. The first-order valence-corrected chi connectivity index (χ1v) is 7.65. The third kappa shape index (κ3) is 2.62. The summed E-state index contributed by atoms with van der Waals surface area (Å²) in [5.74, 6) is 0. The highest BCUT2D eigenvalue weighted by molar-refractivity contribution is 6.33. The smallest absolute Gasteiger partial charge is 0.151 e. The maximum atomic E-state index is 9.91. The van der Waals surface area contributed by atoms with Gasteiger partial charge in [0.2, 0.25) is 0 Å². The van der Waals surface area contributed by atoms with Gasteiger partial charge < -0.3 is 5.32 Å². The second kappa shape index (κ2) is 5.79. The Morgan fingerprint density at radius 2 is 1.81 bits per heavy atom. The van der Waals surface area contributed by atoms with Crippen molar-refractivity contribution in [3.63, 3.8) is 0 Å². The minimum Gasteiger partial charge on any atom is -0.362 e. The molecule has 3 heteroatoms. The van der Waals surface area contributed by atoms with Gasteiger partial charge in [0.05, 0.1) is 16.8 Å². The second-order valence-corrected chi connectivity index (χ2v) is 5.89. The summed E-state index contributed by atoms with van der Waals surface area (Å²) in [4.78, 5) is 0. The normalized spacial score (nSPS) is 21.0. The van der Waals surface area contributed by atoms with Crippen molar-refractivity contribution < 1.29 is 0 Å². The number of hydrogen-bond acceptors (Lipinski definition) is 2. The highest BCUT2D eigenvalue weighted by Gasteiger charge is 2.35. The molecule has 21 heavy (non-hydrogen) atoms. The number of anilines is 1. The molecule has 106 valence electrons. The highest BCUT2D eigenvalue weighted by Crippen LogP contribution is 2.38. The Hall–Kier alpha value is -1.98. The maximum absolute atomic E-state index is 9.91. The molecule has 2 nitrogen and oxygen atoms in total. The molecule has 0 radical (unpaired) electrons. The molecular formula is C18H17ClN2. The summed E-state index contributed by atoms with van der Waals surface area (Å²) >= 11 is 6.26. The van der Waals surface area contributed by atoms with Crippen LogP contribution in [0.3, 0.4) is 0 Å². The largest absolute Gasteiger partial charge is 0.362 e. The van der Waals surface area contributed by atoms with Gasteiger partial charge in [0.1, 0.15) is 0 Å². The van der Waals surface area contributed by atoms with Crippen LogP contribution < -0.4 is 5.32 Å². The minimum atomic E-state index is -0.696. The summed E-state index contributed by atoms with van der Waals surface area (Å²) in [5, 5.41) is 14.0. The fourth-order valence-electron chi connectivity index (χ4n) is 3.06. The van der Waals surface area contributed by atoms with Gasteiger partial charge in [-0.2, -0.15) is 5.26 Å². The average Bonchev–Trinajstić information content (AvgIpc) is 2.70. The van der Waals surface area contributed by atoms with E-state index in [9.17, 15) is 5.26 Å². The molecular weight excluding hydrogens is 280 g/mol. The number of aryl methyl sites for hydroxylation is 1. The molecule has 0 saturated heterocycles. The van der Waals surface area contributed by atoms with Crippen LogP contribution in [0.1, 0.15) is 30.4 Å². The average molecular weight is 297 g/mol. The summed E-state index contributed by atoms with van der Waals surface area (Å²) in [6, 6.07) is 18.4. The molecule has 1 atom stereocenters. The zero-order valence-electron chi connectivity index (χ0n) is 11.8. The lowest BCUT2D eigenvalue weighted by Gasteiger charge is -2.30. The van der Waals surface area contributed by atoms with Gasteiger partial charge in [0.25, 0.3) is 0 Å². The molecule has 0 aromatic heterocycles. The number of nitriles is 1. The first-order valence-electron chi connectivity index (χ1n) is 7.27. The topological polar surface area (TPSA) is 35.8 Å². The van der Waals surface area contributed by atoms with E-state index < -0.39 is 5.54 Å². The first-order chi connectivity index (χ1) is 10.2. The Bertz CT molecular complexity index is 690. The number of halogens is 1. The lowest BCUT2D eigenvalue weighted by Crippen LogP contribution is -2.34. The first kappa shape index (κ1) is 14.0. The van der Waals surface area contributed by atoms with Crippen molar-refractivity contribution in [3.05, 3.63) is 64.7 Å². The molecule has 1 unspecified atom stereocenters. The molecule has 0 bridgehead atoms.